The van der Waals surface area contributed by atoms with Gasteiger partial charge < -0.3 is 29.2 Å². The third-order valence-electron chi connectivity index (χ3n) is 10.1. The van der Waals surface area contributed by atoms with Gasteiger partial charge in [0.2, 0.25) is 9.84 Å². The highest BCUT2D eigenvalue weighted by molar-refractivity contribution is 7.91. The second-order valence-corrected chi connectivity index (χ2v) is 15.6. The fourth-order valence-corrected chi connectivity index (χ4v) is 8.83. The van der Waals surface area contributed by atoms with Crippen molar-refractivity contribution in [1.82, 2.24) is 20.1 Å². The van der Waals surface area contributed by atoms with Crippen LogP contribution in [0.2, 0.25) is 0 Å². The van der Waals surface area contributed by atoms with E-state index in [4.69, 9.17) is 18.9 Å². The number of anilines is 1. The summed E-state index contributed by atoms with van der Waals surface area (Å²) >= 11 is 0. The lowest BCUT2D eigenvalue weighted by Gasteiger charge is -2.40. The molecule has 12 heteroatoms. The zero-order valence-corrected chi connectivity index (χ0v) is 30.9. The van der Waals surface area contributed by atoms with Crippen LogP contribution in [0.3, 0.4) is 0 Å². The van der Waals surface area contributed by atoms with E-state index in [0.717, 1.165) is 60.4 Å². The van der Waals surface area contributed by atoms with Crippen LogP contribution in [0.4, 0.5) is 5.69 Å². The van der Waals surface area contributed by atoms with Gasteiger partial charge in [-0.15, -0.1) is 0 Å². The number of rotatable bonds is 16. The standard InChI is InChI=1S/C39H51N5O6S/c1-5-33(44-27-40-26-42-44)22-32-23-35(30-11-9-29(10-12-30)25-48-4)38(24-41-32)50-39(51(45,46)34-14-7-28(2)8-15-34)31-13-16-37-36(21-31)43(18-20-49-37)17-6-19-47-3/h7-16,21,26-27,32-33,35,38-39,41H,5-6,17-20,22-25H2,1-4H3/t32-,33+,35+,38-,39?/m0/s1. The van der Waals surface area contributed by atoms with E-state index in [0.29, 0.717) is 38.5 Å². The molecule has 6 rings (SSSR count). The van der Waals surface area contributed by atoms with Crippen LogP contribution in [0.5, 0.6) is 5.75 Å². The van der Waals surface area contributed by atoms with Gasteiger partial charge in [0.15, 0.2) is 5.44 Å². The van der Waals surface area contributed by atoms with Crippen LogP contribution in [0.15, 0.2) is 84.3 Å². The maximum atomic E-state index is 14.7. The number of aromatic nitrogens is 3. The lowest BCUT2D eigenvalue weighted by molar-refractivity contribution is -0.00775. The molecule has 274 valence electrons. The van der Waals surface area contributed by atoms with Crippen LogP contribution in [-0.4, -0.2) is 82.4 Å². The summed E-state index contributed by atoms with van der Waals surface area (Å²) in [5, 5.41) is 8.15. The first-order valence-corrected chi connectivity index (χ1v) is 19.5. The van der Waals surface area contributed by atoms with Gasteiger partial charge in [-0.2, -0.15) is 5.10 Å². The fourth-order valence-electron chi connectivity index (χ4n) is 7.27. The van der Waals surface area contributed by atoms with E-state index < -0.39 is 21.4 Å². The summed E-state index contributed by atoms with van der Waals surface area (Å²) in [4.78, 5) is 6.64. The summed E-state index contributed by atoms with van der Waals surface area (Å²) in [6, 6.07) is 21.4. The Balaban J connectivity index is 1.35. The van der Waals surface area contributed by atoms with Crippen molar-refractivity contribution in [3.8, 4) is 5.75 Å². The van der Waals surface area contributed by atoms with Crippen LogP contribution in [0.25, 0.3) is 0 Å². The lowest BCUT2D eigenvalue weighted by Crippen LogP contribution is -2.48. The number of hydrogen-bond acceptors (Lipinski definition) is 10. The predicted molar refractivity (Wildman–Crippen MR) is 197 cm³/mol. The molecular weight excluding hydrogens is 667 g/mol. The summed E-state index contributed by atoms with van der Waals surface area (Å²) < 4.78 is 55.0. The molecule has 0 bridgehead atoms. The number of ether oxygens (including phenoxy) is 4. The van der Waals surface area contributed by atoms with Crippen LogP contribution in [-0.2, 0) is 30.7 Å². The molecule has 1 aromatic heterocycles. The number of hydrogen-bond donors (Lipinski definition) is 1. The number of piperidine rings is 1. The summed E-state index contributed by atoms with van der Waals surface area (Å²) in [5.41, 5.74) is 3.37. The largest absolute Gasteiger partial charge is 0.490 e. The molecule has 0 amide bonds. The van der Waals surface area contributed by atoms with Crippen LogP contribution >= 0.6 is 0 Å². The molecule has 2 aliphatic rings. The van der Waals surface area contributed by atoms with E-state index in [-0.39, 0.29) is 22.9 Å². The number of nitrogens with one attached hydrogen (secondary N) is 1. The first-order chi connectivity index (χ1) is 24.8. The average Bonchev–Trinajstić information content (AvgIpc) is 3.69. The summed E-state index contributed by atoms with van der Waals surface area (Å²) in [6.07, 6.45) is 6.30. The number of aryl methyl sites for hydroxylation is 1. The van der Waals surface area contributed by atoms with Crippen LogP contribution in [0, 0.1) is 6.92 Å². The number of nitrogens with zero attached hydrogens (tertiary/aromatic N) is 4. The van der Waals surface area contributed by atoms with Crippen molar-refractivity contribution in [2.75, 3.05) is 52.0 Å². The maximum absolute atomic E-state index is 14.7. The number of benzene rings is 3. The molecule has 0 aliphatic carbocycles. The summed E-state index contributed by atoms with van der Waals surface area (Å²) in [5.74, 6) is 0.672. The molecule has 51 heavy (non-hydrogen) atoms. The lowest BCUT2D eigenvalue weighted by atomic mass is 9.82. The monoisotopic (exact) mass is 717 g/mol. The molecule has 3 aromatic carbocycles. The Bertz CT molecular complexity index is 1790. The molecule has 4 aromatic rings. The Hall–Kier alpha value is -3.81. The Morgan fingerprint density at radius 1 is 1.04 bits per heavy atom. The SMILES string of the molecule is CC[C@H](C[C@H]1C[C@H](c2ccc(COC)cc2)[C@@H](OC(c2ccc3c(c2)N(CCCOC)CCO3)S(=O)(=O)c2ccc(C)cc2)CN1)n1cncn1. The Kier molecular flexibility index (Phi) is 12.4. The van der Waals surface area contributed by atoms with Gasteiger partial charge in [-0.3, -0.25) is 0 Å². The van der Waals surface area contributed by atoms with Crippen molar-refractivity contribution >= 4 is 15.5 Å². The molecule has 1 unspecified atom stereocenters. The highest BCUT2D eigenvalue weighted by Crippen LogP contribution is 2.42. The highest BCUT2D eigenvalue weighted by atomic mass is 32.2. The number of fused-ring (bicyclic) bond motifs is 1. The normalized spacial score (nSPS) is 20.4. The van der Waals surface area contributed by atoms with Gasteiger partial charge in [-0.05, 0) is 73.6 Å². The van der Waals surface area contributed by atoms with Crippen molar-refractivity contribution in [3.05, 3.63) is 102 Å². The third kappa shape index (κ3) is 8.81. The van der Waals surface area contributed by atoms with Gasteiger partial charge in [-0.25, -0.2) is 18.1 Å². The van der Waals surface area contributed by atoms with Gasteiger partial charge in [0.05, 0.1) is 35.9 Å². The summed E-state index contributed by atoms with van der Waals surface area (Å²) in [7, 11) is -0.596. The van der Waals surface area contributed by atoms with Crippen molar-refractivity contribution < 1.29 is 27.4 Å². The first-order valence-electron chi connectivity index (χ1n) is 17.9. The molecule has 0 saturated carbocycles. The minimum absolute atomic E-state index is 0.0664. The molecule has 0 radical (unpaired) electrons. The van der Waals surface area contributed by atoms with Gasteiger partial charge >= 0.3 is 0 Å². The molecule has 1 N–H and O–H groups in total. The zero-order chi connectivity index (χ0) is 35.8. The molecule has 3 heterocycles. The van der Waals surface area contributed by atoms with Crippen molar-refractivity contribution in [1.29, 1.82) is 0 Å². The summed E-state index contributed by atoms with van der Waals surface area (Å²) in [6.45, 7) is 7.80. The van der Waals surface area contributed by atoms with Crippen molar-refractivity contribution in [3.63, 3.8) is 0 Å². The molecular formula is C39H51N5O6S. The quantitative estimate of drug-likeness (QED) is 0.138. The molecule has 1 saturated heterocycles. The van der Waals surface area contributed by atoms with Gasteiger partial charge in [-0.1, -0.05) is 55.0 Å². The maximum Gasteiger partial charge on any atom is 0.209 e. The Morgan fingerprint density at radius 2 is 1.84 bits per heavy atom. The second kappa shape index (κ2) is 17.1. The number of methoxy groups -OCH3 is 2. The van der Waals surface area contributed by atoms with Crippen LogP contribution in [0.1, 0.15) is 72.3 Å². The average molecular weight is 718 g/mol. The molecule has 0 spiro atoms. The highest BCUT2D eigenvalue weighted by Gasteiger charge is 2.40. The minimum atomic E-state index is -3.99. The van der Waals surface area contributed by atoms with Gasteiger partial charge in [0.1, 0.15) is 25.0 Å². The van der Waals surface area contributed by atoms with Crippen molar-refractivity contribution in [2.45, 2.75) is 80.6 Å². The van der Waals surface area contributed by atoms with E-state index in [1.807, 2.05) is 41.9 Å². The Morgan fingerprint density at radius 3 is 2.55 bits per heavy atom. The van der Waals surface area contributed by atoms with Crippen LogP contribution < -0.4 is 15.0 Å². The molecule has 11 nitrogen and oxygen atoms in total. The van der Waals surface area contributed by atoms with E-state index >= 15 is 0 Å². The van der Waals surface area contributed by atoms with E-state index in [2.05, 4.69) is 51.5 Å². The van der Waals surface area contributed by atoms with E-state index in [1.165, 1.54) is 0 Å². The molecule has 1 fully saturated rings. The van der Waals surface area contributed by atoms with E-state index in [1.54, 1.807) is 39.0 Å². The fraction of sp³-hybridized carbons (Fsp3) is 0.487. The molecule has 5 atom stereocenters. The predicted octanol–water partition coefficient (Wildman–Crippen LogP) is 6.01. The first kappa shape index (κ1) is 37.0. The van der Waals surface area contributed by atoms with Gasteiger partial charge in [0.25, 0.3) is 0 Å². The smallest absolute Gasteiger partial charge is 0.209 e. The van der Waals surface area contributed by atoms with Crippen molar-refractivity contribution in [2.24, 2.45) is 0 Å². The third-order valence-corrected chi connectivity index (χ3v) is 11.9. The number of sulfone groups is 1. The van der Waals surface area contributed by atoms with Gasteiger partial charge in [0, 0.05) is 45.9 Å². The Labute approximate surface area is 302 Å². The minimum Gasteiger partial charge on any atom is -0.490 e. The second-order valence-electron chi connectivity index (χ2n) is 13.6. The molecule has 2 aliphatic heterocycles. The topological polar surface area (TPSA) is 117 Å². The zero-order valence-electron chi connectivity index (χ0n) is 30.1. The van der Waals surface area contributed by atoms with E-state index in [9.17, 15) is 8.42 Å².